The van der Waals surface area contributed by atoms with Crippen LogP contribution in [0.25, 0.3) is 5.69 Å². The maximum absolute atomic E-state index is 13.3. The quantitative estimate of drug-likeness (QED) is 0.572. The minimum absolute atomic E-state index is 0.111. The van der Waals surface area contributed by atoms with Gasteiger partial charge in [0.15, 0.2) is 0 Å². The van der Waals surface area contributed by atoms with Crippen LogP contribution in [-0.4, -0.2) is 35.4 Å². The standard InChI is InChI=1S/C24H24ClFN4O3/c1-2-29(18-7-5-17(26)6-8-18)19-9-11-20(12-10-19)30-24(32)22(25)21(14-27-30)28-23(31)16-4-3-13-33-15-16/h5-12,14,16H,2-4,13,15H2,1H3,(H,28,31)/t16-/m0/s1. The maximum atomic E-state index is 13.3. The first-order valence-electron chi connectivity index (χ1n) is 10.8. The fourth-order valence-corrected chi connectivity index (χ4v) is 3.97. The van der Waals surface area contributed by atoms with Crippen LogP contribution in [0.4, 0.5) is 21.5 Å². The Kier molecular flexibility index (Phi) is 7.05. The SMILES string of the molecule is CCN(c1ccc(F)cc1)c1ccc(-n2ncc(NC(=O)[C@H]3CCCOC3)c(Cl)c2=O)cc1. The van der Waals surface area contributed by atoms with Gasteiger partial charge < -0.3 is 15.0 Å². The number of nitrogens with zero attached hydrogens (tertiary/aromatic N) is 3. The lowest BCUT2D eigenvalue weighted by atomic mass is 10.0. The van der Waals surface area contributed by atoms with E-state index in [-0.39, 0.29) is 28.4 Å². The van der Waals surface area contributed by atoms with Crippen LogP contribution in [0.3, 0.4) is 0 Å². The molecule has 33 heavy (non-hydrogen) atoms. The molecule has 0 unspecified atom stereocenters. The molecule has 7 nitrogen and oxygen atoms in total. The Hall–Kier alpha value is -3.23. The summed E-state index contributed by atoms with van der Waals surface area (Å²) in [5.41, 5.74) is 1.91. The molecule has 0 bridgehead atoms. The van der Waals surface area contributed by atoms with E-state index in [1.807, 2.05) is 24.0 Å². The first kappa shape index (κ1) is 22.9. The van der Waals surface area contributed by atoms with Crippen LogP contribution >= 0.6 is 11.6 Å². The minimum atomic E-state index is -0.534. The van der Waals surface area contributed by atoms with Crippen LogP contribution in [0.1, 0.15) is 19.8 Å². The van der Waals surface area contributed by atoms with E-state index >= 15 is 0 Å². The molecule has 0 spiro atoms. The van der Waals surface area contributed by atoms with Crippen LogP contribution in [0.2, 0.25) is 5.02 Å². The number of carbonyl (C=O) groups is 1. The van der Waals surface area contributed by atoms with E-state index in [0.717, 1.165) is 24.2 Å². The molecule has 0 radical (unpaired) electrons. The summed E-state index contributed by atoms with van der Waals surface area (Å²) in [6.07, 6.45) is 2.92. The lowest BCUT2D eigenvalue weighted by Gasteiger charge is -2.23. The molecular formula is C24H24ClFN4O3. The van der Waals surface area contributed by atoms with Gasteiger partial charge >= 0.3 is 0 Å². The summed E-state index contributed by atoms with van der Waals surface area (Å²) in [6, 6.07) is 13.5. The third-order valence-corrected chi connectivity index (χ3v) is 5.93. The van der Waals surface area contributed by atoms with Crippen molar-refractivity contribution < 1.29 is 13.9 Å². The molecule has 4 rings (SSSR count). The Bertz CT molecular complexity index is 1180. The van der Waals surface area contributed by atoms with Gasteiger partial charge in [0.2, 0.25) is 5.91 Å². The summed E-state index contributed by atoms with van der Waals surface area (Å²) >= 11 is 6.27. The van der Waals surface area contributed by atoms with E-state index in [2.05, 4.69) is 10.4 Å². The smallest absolute Gasteiger partial charge is 0.292 e. The van der Waals surface area contributed by atoms with Crippen molar-refractivity contribution in [1.29, 1.82) is 0 Å². The number of benzene rings is 2. The van der Waals surface area contributed by atoms with Crippen molar-refractivity contribution in [1.82, 2.24) is 9.78 Å². The highest BCUT2D eigenvalue weighted by molar-refractivity contribution is 6.33. The van der Waals surface area contributed by atoms with E-state index in [4.69, 9.17) is 16.3 Å². The summed E-state index contributed by atoms with van der Waals surface area (Å²) < 4.78 is 19.8. The molecule has 1 amide bonds. The fraction of sp³-hybridized carbons (Fsp3) is 0.292. The van der Waals surface area contributed by atoms with Gasteiger partial charge in [-0.15, -0.1) is 0 Å². The van der Waals surface area contributed by atoms with Crippen LogP contribution < -0.4 is 15.8 Å². The van der Waals surface area contributed by atoms with E-state index < -0.39 is 5.56 Å². The predicted octanol–water partition coefficient (Wildman–Crippen LogP) is 4.55. The Labute approximate surface area is 195 Å². The maximum Gasteiger partial charge on any atom is 0.292 e. The van der Waals surface area contributed by atoms with Crippen molar-refractivity contribution in [2.75, 3.05) is 30.0 Å². The van der Waals surface area contributed by atoms with E-state index in [1.54, 1.807) is 24.3 Å². The molecule has 3 aromatic rings. The molecule has 0 aliphatic carbocycles. The van der Waals surface area contributed by atoms with Crippen molar-refractivity contribution >= 4 is 34.6 Å². The molecule has 1 aliphatic rings. The number of hydrogen-bond acceptors (Lipinski definition) is 5. The van der Waals surface area contributed by atoms with Crippen molar-refractivity contribution in [3.05, 3.63) is 75.9 Å². The molecule has 172 valence electrons. The highest BCUT2D eigenvalue weighted by Gasteiger charge is 2.23. The Morgan fingerprint density at radius 1 is 1.21 bits per heavy atom. The summed E-state index contributed by atoms with van der Waals surface area (Å²) in [5, 5.41) is 6.77. The number of nitrogens with one attached hydrogen (secondary N) is 1. The lowest BCUT2D eigenvalue weighted by Crippen LogP contribution is -2.31. The zero-order chi connectivity index (χ0) is 23.4. The van der Waals surface area contributed by atoms with Gasteiger partial charge in [0.25, 0.3) is 5.56 Å². The first-order chi connectivity index (χ1) is 16.0. The molecule has 1 fully saturated rings. The van der Waals surface area contributed by atoms with Gasteiger partial charge in [0, 0.05) is 24.5 Å². The third kappa shape index (κ3) is 5.07. The Morgan fingerprint density at radius 3 is 2.48 bits per heavy atom. The van der Waals surface area contributed by atoms with Gasteiger partial charge in [0.1, 0.15) is 10.8 Å². The second-order valence-corrected chi connectivity index (χ2v) is 8.11. The monoisotopic (exact) mass is 470 g/mol. The number of aromatic nitrogens is 2. The molecule has 1 N–H and O–H groups in total. The molecule has 1 atom stereocenters. The molecule has 0 saturated carbocycles. The number of anilines is 3. The Balaban J connectivity index is 1.54. The second-order valence-electron chi connectivity index (χ2n) is 7.73. The van der Waals surface area contributed by atoms with Crippen molar-refractivity contribution in [3.8, 4) is 5.69 Å². The number of carbonyl (C=O) groups excluding carboxylic acids is 1. The van der Waals surface area contributed by atoms with Crippen LogP contribution in [0.5, 0.6) is 0 Å². The summed E-state index contributed by atoms with van der Waals surface area (Å²) in [5.74, 6) is -0.799. The molecule has 9 heteroatoms. The zero-order valence-electron chi connectivity index (χ0n) is 18.1. The highest BCUT2D eigenvalue weighted by Crippen LogP contribution is 2.26. The van der Waals surface area contributed by atoms with Gasteiger partial charge in [-0.05, 0) is 68.3 Å². The average molecular weight is 471 g/mol. The number of halogens is 2. The zero-order valence-corrected chi connectivity index (χ0v) is 18.9. The predicted molar refractivity (Wildman–Crippen MR) is 126 cm³/mol. The normalized spacial score (nSPS) is 15.8. The van der Waals surface area contributed by atoms with Gasteiger partial charge in [-0.2, -0.15) is 9.78 Å². The molecule has 1 saturated heterocycles. The van der Waals surface area contributed by atoms with E-state index in [9.17, 15) is 14.0 Å². The molecule has 1 aliphatic heterocycles. The average Bonchev–Trinajstić information content (AvgIpc) is 2.85. The molecule has 1 aromatic heterocycles. The molecular weight excluding hydrogens is 447 g/mol. The largest absolute Gasteiger partial charge is 0.381 e. The molecule has 2 aromatic carbocycles. The van der Waals surface area contributed by atoms with Gasteiger partial charge in [-0.3, -0.25) is 9.59 Å². The van der Waals surface area contributed by atoms with E-state index in [0.29, 0.717) is 25.4 Å². The van der Waals surface area contributed by atoms with Crippen molar-refractivity contribution in [2.45, 2.75) is 19.8 Å². The van der Waals surface area contributed by atoms with Crippen molar-refractivity contribution in [2.24, 2.45) is 5.92 Å². The topological polar surface area (TPSA) is 76.5 Å². The fourth-order valence-electron chi connectivity index (χ4n) is 3.80. The summed E-state index contributed by atoms with van der Waals surface area (Å²) in [7, 11) is 0. The summed E-state index contributed by atoms with van der Waals surface area (Å²) in [6.45, 7) is 3.68. The first-order valence-corrected chi connectivity index (χ1v) is 11.2. The Morgan fingerprint density at radius 2 is 1.88 bits per heavy atom. The second kappa shape index (κ2) is 10.1. The number of amides is 1. The van der Waals surface area contributed by atoms with Crippen LogP contribution in [0.15, 0.2) is 59.5 Å². The van der Waals surface area contributed by atoms with Crippen LogP contribution in [0, 0.1) is 11.7 Å². The van der Waals surface area contributed by atoms with Gasteiger partial charge in [0.05, 0.1) is 30.1 Å². The van der Waals surface area contributed by atoms with Crippen LogP contribution in [-0.2, 0) is 9.53 Å². The summed E-state index contributed by atoms with van der Waals surface area (Å²) in [4.78, 5) is 27.3. The number of rotatable bonds is 6. The number of hydrogen-bond donors (Lipinski definition) is 1. The van der Waals surface area contributed by atoms with E-state index in [1.165, 1.54) is 23.0 Å². The highest BCUT2D eigenvalue weighted by atomic mass is 35.5. The van der Waals surface area contributed by atoms with Gasteiger partial charge in [-0.1, -0.05) is 11.6 Å². The number of ether oxygens (including phenoxy) is 1. The molecule has 2 heterocycles. The van der Waals surface area contributed by atoms with Gasteiger partial charge in [-0.25, -0.2) is 4.39 Å². The lowest BCUT2D eigenvalue weighted by molar-refractivity contribution is -0.123. The minimum Gasteiger partial charge on any atom is -0.381 e. The van der Waals surface area contributed by atoms with Crippen molar-refractivity contribution in [3.63, 3.8) is 0 Å². The third-order valence-electron chi connectivity index (χ3n) is 5.57.